The summed E-state index contributed by atoms with van der Waals surface area (Å²) in [5, 5.41) is 11.3. The topological polar surface area (TPSA) is 72.7 Å². The van der Waals surface area contributed by atoms with E-state index in [4.69, 9.17) is 9.47 Å². The molecule has 1 atom stereocenters. The molecule has 1 aromatic heterocycles. The molecule has 2 aromatic rings. The van der Waals surface area contributed by atoms with Crippen molar-refractivity contribution in [1.82, 2.24) is 20.4 Å². The monoisotopic (exact) mass is 515 g/mol. The average molecular weight is 515 g/mol. The van der Waals surface area contributed by atoms with Crippen molar-refractivity contribution in [1.29, 1.82) is 0 Å². The standard InChI is InChI=1S/C21H33N5O2.HI/c1-7-22-21(23-11-12-28-19-10-8-9-18(14-19)27-6)24-15(2)13-20-16(3)25-26(5)17(20)4;/h8-10,14-15H,7,11-13H2,1-6H3,(H2,22,23,24);1H. The molecule has 1 heterocycles. The average Bonchev–Trinajstić information content (AvgIpc) is 2.91. The molecule has 8 heteroatoms. The van der Waals surface area contributed by atoms with Crippen molar-refractivity contribution in [2.75, 3.05) is 26.8 Å². The van der Waals surface area contributed by atoms with Gasteiger partial charge in [0.1, 0.15) is 18.1 Å². The van der Waals surface area contributed by atoms with Crippen LogP contribution in [0.5, 0.6) is 11.5 Å². The first-order valence-electron chi connectivity index (χ1n) is 9.75. The number of ether oxygens (including phenoxy) is 2. The van der Waals surface area contributed by atoms with Crippen LogP contribution in [0.4, 0.5) is 0 Å². The van der Waals surface area contributed by atoms with Crippen LogP contribution in [0.25, 0.3) is 0 Å². The van der Waals surface area contributed by atoms with Gasteiger partial charge in [0.25, 0.3) is 0 Å². The molecule has 0 radical (unpaired) electrons. The molecule has 29 heavy (non-hydrogen) atoms. The maximum Gasteiger partial charge on any atom is 0.191 e. The lowest BCUT2D eigenvalue weighted by molar-refractivity contribution is 0.325. The summed E-state index contributed by atoms with van der Waals surface area (Å²) < 4.78 is 12.9. The summed E-state index contributed by atoms with van der Waals surface area (Å²) in [6.45, 7) is 10.3. The molecule has 1 unspecified atom stereocenters. The van der Waals surface area contributed by atoms with Gasteiger partial charge >= 0.3 is 0 Å². The van der Waals surface area contributed by atoms with E-state index in [9.17, 15) is 0 Å². The fourth-order valence-corrected chi connectivity index (χ4v) is 3.04. The number of nitrogens with one attached hydrogen (secondary N) is 2. The zero-order valence-electron chi connectivity index (χ0n) is 18.3. The number of hydrogen-bond donors (Lipinski definition) is 2. The Labute approximate surface area is 191 Å². The number of aliphatic imine (C=N–C) groups is 1. The third-order valence-electron chi connectivity index (χ3n) is 4.57. The van der Waals surface area contributed by atoms with E-state index in [-0.39, 0.29) is 30.0 Å². The van der Waals surface area contributed by atoms with E-state index in [1.165, 1.54) is 11.3 Å². The van der Waals surface area contributed by atoms with Gasteiger partial charge in [-0.2, -0.15) is 5.10 Å². The molecule has 0 fully saturated rings. The third-order valence-corrected chi connectivity index (χ3v) is 4.57. The fraction of sp³-hybridized carbons (Fsp3) is 0.524. The Bertz CT molecular complexity index is 791. The van der Waals surface area contributed by atoms with E-state index < -0.39 is 0 Å². The molecule has 0 saturated carbocycles. The van der Waals surface area contributed by atoms with Crippen LogP contribution >= 0.6 is 24.0 Å². The Kier molecular flexibility index (Phi) is 10.9. The van der Waals surface area contributed by atoms with Gasteiger partial charge in [0, 0.05) is 31.4 Å². The van der Waals surface area contributed by atoms with E-state index in [0.717, 1.165) is 36.1 Å². The van der Waals surface area contributed by atoms with Crippen molar-refractivity contribution in [2.24, 2.45) is 12.0 Å². The second-order valence-electron chi connectivity index (χ2n) is 6.81. The molecule has 1 aromatic carbocycles. The Morgan fingerprint density at radius 3 is 2.62 bits per heavy atom. The zero-order chi connectivity index (χ0) is 20.5. The lowest BCUT2D eigenvalue weighted by Crippen LogP contribution is -2.43. The molecule has 0 aliphatic carbocycles. The molecule has 2 rings (SSSR count). The van der Waals surface area contributed by atoms with E-state index in [0.29, 0.717) is 13.2 Å². The first-order chi connectivity index (χ1) is 13.4. The van der Waals surface area contributed by atoms with Gasteiger partial charge < -0.3 is 20.1 Å². The fourth-order valence-electron chi connectivity index (χ4n) is 3.04. The van der Waals surface area contributed by atoms with Crippen LogP contribution in [-0.4, -0.2) is 48.6 Å². The lowest BCUT2D eigenvalue weighted by atomic mass is 10.1. The highest BCUT2D eigenvalue weighted by Gasteiger charge is 2.14. The minimum Gasteiger partial charge on any atom is -0.497 e. The van der Waals surface area contributed by atoms with E-state index in [1.54, 1.807) is 7.11 Å². The molecule has 0 amide bonds. The van der Waals surface area contributed by atoms with E-state index in [1.807, 2.05) is 36.0 Å². The van der Waals surface area contributed by atoms with Gasteiger partial charge in [0.2, 0.25) is 0 Å². The van der Waals surface area contributed by atoms with Gasteiger partial charge in [-0.05, 0) is 51.8 Å². The SMILES string of the molecule is CCNC(=NCCOc1cccc(OC)c1)NC(C)Cc1c(C)nn(C)c1C.I. The number of rotatable bonds is 9. The van der Waals surface area contributed by atoms with Crippen LogP contribution in [0.3, 0.4) is 0 Å². The Balaban J connectivity index is 0.00000420. The highest BCUT2D eigenvalue weighted by atomic mass is 127. The highest BCUT2D eigenvalue weighted by molar-refractivity contribution is 14.0. The van der Waals surface area contributed by atoms with Crippen molar-refractivity contribution < 1.29 is 9.47 Å². The smallest absolute Gasteiger partial charge is 0.191 e. The van der Waals surface area contributed by atoms with Gasteiger partial charge in [-0.15, -0.1) is 24.0 Å². The molecular weight excluding hydrogens is 481 g/mol. The number of hydrogen-bond acceptors (Lipinski definition) is 4. The molecule has 0 aliphatic heterocycles. The highest BCUT2D eigenvalue weighted by Crippen LogP contribution is 2.18. The number of benzene rings is 1. The third kappa shape index (κ3) is 7.75. The number of aromatic nitrogens is 2. The van der Waals surface area contributed by atoms with Crippen molar-refractivity contribution in [3.8, 4) is 11.5 Å². The van der Waals surface area contributed by atoms with Gasteiger partial charge in [-0.25, -0.2) is 4.99 Å². The first-order valence-corrected chi connectivity index (χ1v) is 9.75. The molecule has 0 saturated heterocycles. The minimum absolute atomic E-state index is 0. The Morgan fingerprint density at radius 1 is 1.28 bits per heavy atom. The second kappa shape index (κ2) is 12.6. The largest absolute Gasteiger partial charge is 0.497 e. The summed E-state index contributed by atoms with van der Waals surface area (Å²) in [7, 11) is 3.63. The normalized spacial score (nSPS) is 12.1. The van der Waals surface area contributed by atoms with Gasteiger partial charge in [-0.3, -0.25) is 4.68 Å². The number of methoxy groups -OCH3 is 1. The molecule has 2 N–H and O–H groups in total. The summed E-state index contributed by atoms with van der Waals surface area (Å²) in [6, 6.07) is 7.82. The predicted octanol–water partition coefficient (Wildman–Crippen LogP) is 3.23. The van der Waals surface area contributed by atoms with Crippen LogP contribution in [-0.2, 0) is 13.5 Å². The van der Waals surface area contributed by atoms with Gasteiger partial charge in [-0.1, -0.05) is 6.07 Å². The number of nitrogens with zero attached hydrogens (tertiary/aromatic N) is 3. The van der Waals surface area contributed by atoms with E-state index in [2.05, 4.69) is 48.4 Å². The molecular formula is C21H34IN5O2. The van der Waals surface area contributed by atoms with Crippen molar-refractivity contribution in [2.45, 2.75) is 40.2 Å². The van der Waals surface area contributed by atoms with Crippen molar-refractivity contribution in [3.05, 3.63) is 41.2 Å². The van der Waals surface area contributed by atoms with Crippen LogP contribution in [0.15, 0.2) is 29.3 Å². The van der Waals surface area contributed by atoms with Crippen molar-refractivity contribution >= 4 is 29.9 Å². The quantitative estimate of drug-likeness (QED) is 0.232. The number of guanidine groups is 1. The number of aryl methyl sites for hydroxylation is 2. The summed E-state index contributed by atoms with van der Waals surface area (Å²) in [5.74, 6) is 2.36. The van der Waals surface area contributed by atoms with Crippen LogP contribution in [0.2, 0.25) is 0 Å². The predicted molar refractivity (Wildman–Crippen MR) is 129 cm³/mol. The zero-order valence-corrected chi connectivity index (χ0v) is 20.6. The summed E-state index contributed by atoms with van der Waals surface area (Å²) in [6.07, 6.45) is 0.899. The van der Waals surface area contributed by atoms with Crippen LogP contribution in [0.1, 0.15) is 30.8 Å². The molecule has 0 bridgehead atoms. The van der Waals surface area contributed by atoms with Crippen LogP contribution < -0.4 is 20.1 Å². The molecule has 0 aliphatic rings. The van der Waals surface area contributed by atoms with E-state index >= 15 is 0 Å². The summed E-state index contributed by atoms with van der Waals surface area (Å²) in [5.41, 5.74) is 3.58. The molecule has 0 spiro atoms. The lowest BCUT2D eigenvalue weighted by Gasteiger charge is -2.18. The van der Waals surface area contributed by atoms with Gasteiger partial charge in [0.05, 0.1) is 19.3 Å². The maximum absolute atomic E-state index is 5.76. The maximum atomic E-state index is 5.76. The molecule has 7 nitrogen and oxygen atoms in total. The Hall–Kier alpha value is -1.97. The summed E-state index contributed by atoms with van der Waals surface area (Å²) >= 11 is 0. The second-order valence-corrected chi connectivity index (χ2v) is 6.81. The number of halogens is 1. The van der Waals surface area contributed by atoms with Crippen LogP contribution in [0, 0.1) is 13.8 Å². The molecule has 162 valence electrons. The minimum atomic E-state index is 0. The first kappa shape index (κ1) is 25.1. The van der Waals surface area contributed by atoms with Crippen molar-refractivity contribution in [3.63, 3.8) is 0 Å². The summed E-state index contributed by atoms with van der Waals surface area (Å²) in [4.78, 5) is 4.62. The Morgan fingerprint density at radius 2 is 2.00 bits per heavy atom. The van der Waals surface area contributed by atoms with Gasteiger partial charge in [0.15, 0.2) is 5.96 Å².